The number of hydrogen-bond donors (Lipinski definition) is 1. The molecule has 0 aromatic heterocycles. The van der Waals surface area contributed by atoms with Crippen molar-refractivity contribution in [3.8, 4) is 0 Å². The Labute approximate surface area is 177 Å². The van der Waals surface area contributed by atoms with Crippen molar-refractivity contribution in [3.05, 3.63) is 0 Å². The number of rotatable bonds is 4. The van der Waals surface area contributed by atoms with E-state index in [1.54, 1.807) is 0 Å². The van der Waals surface area contributed by atoms with Crippen LogP contribution in [0.15, 0.2) is 5.16 Å². The van der Waals surface area contributed by atoms with Crippen LogP contribution in [0.3, 0.4) is 0 Å². The standard InChI is InChI=1S/C20H31NO8S/c1-9-8-12(21-24)14-15-13(9)20(14,6)18(29-30(7,25)26)16(27-10(2)22)17(19(15,4)5)28-11(3)23/h9,13-18,24H,8H2,1-7H3/b21-12+/t9-,13+,14-,15+,16-,17-,18-,20-/m1/s1. The minimum atomic E-state index is -3.95. The van der Waals surface area contributed by atoms with Crippen LogP contribution in [0.2, 0.25) is 0 Å². The molecule has 0 saturated heterocycles. The van der Waals surface area contributed by atoms with E-state index in [2.05, 4.69) is 5.16 Å². The van der Waals surface area contributed by atoms with Crippen molar-refractivity contribution < 1.29 is 36.9 Å². The maximum Gasteiger partial charge on any atom is 0.303 e. The highest BCUT2D eigenvalue weighted by atomic mass is 32.2. The van der Waals surface area contributed by atoms with Gasteiger partial charge in [-0.05, 0) is 24.2 Å². The molecule has 4 bridgehead atoms. The lowest BCUT2D eigenvalue weighted by Gasteiger charge is -2.69. The van der Waals surface area contributed by atoms with Gasteiger partial charge in [-0.3, -0.25) is 13.8 Å². The summed E-state index contributed by atoms with van der Waals surface area (Å²) in [6.45, 7) is 10.2. The summed E-state index contributed by atoms with van der Waals surface area (Å²) in [6, 6.07) is 0. The fraction of sp³-hybridized carbons (Fsp3) is 0.850. The lowest BCUT2D eigenvalue weighted by atomic mass is 9.35. The minimum Gasteiger partial charge on any atom is -0.458 e. The Balaban J connectivity index is 2.28. The van der Waals surface area contributed by atoms with Crippen LogP contribution < -0.4 is 0 Å². The van der Waals surface area contributed by atoms with Crippen LogP contribution in [0.4, 0.5) is 0 Å². The summed E-state index contributed by atoms with van der Waals surface area (Å²) < 4.78 is 41.3. The zero-order chi connectivity index (χ0) is 22.8. The number of fused-ring (bicyclic) bond motifs is 3. The highest BCUT2D eigenvalue weighted by molar-refractivity contribution is 7.86. The van der Waals surface area contributed by atoms with Crippen LogP contribution in [-0.2, 0) is 33.4 Å². The summed E-state index contributed by atoms with van der Waals surface area (Å²) in [5.41, 5.74) is -0.933. The van der Waals surface area contributed by atoms with Gasteiger partial charge in [-0.2, -0.15) is 8.42 Å². The predicted octanol–water partition coefficient (Wildman–Crippen LogP) is 1.97. The molecule has 4 aliphatic carbocycles. The average molecular weight is 446 g/mol. The van der Waals surface area contributed by atoms with E-state index in [1.165, 1.54) is 13.8 Å². The lowest BCUT2D eigenvalue weighted by molar-refractivity contribution is -0.202. The second-order valence-electron chi connectivity index (χ2n) is 9.81. The average Bonchev–Trinajstić information content (AvgIpc) is 2.66. The van der Waals surface area contributed by atoms with Crippen molar-refractivity contribution in [2.75, 3.05) is 6.26 Å². The van der Waals surface area contributed by atoms with E-state index in [4.69, 9.17) is 13.7 Å². The van der Waals surface area contributed by atoms with Crippen LogP contribution in [0.5, 0.6) is 0 Å². The normalized spacial score (nSPS) is 43.3. The molecule has 0 unspecified atom stereocenters. The molecule has 0 radical (unpaired) electrons. The van der Waals surface area contributed by atoms with Gasteiger partial charge in [-0.25, -0.2) is 0 Å². The number of oxime groups is 1. The number of esters is 2. The van der Waals surface area contributed by atoms with E-state index in [0.29, 0.717) is 12.1 Å². The Kier molecular flexibility index (Phi) is 5.51. The molecule has 0 aliphatic heterocycles. The predicted molar refractivity (Wildman–Crippen MR) is 106 cm³/mol. The quantitative estimate of drug-likeness (QED) is 0.301. The monoisotopic (exact) mass is 445 g/mol. The van der Waals surface area contributed by atoms with Crippen LogP contribution in [0, 0.1) is 34.5 Å². The summed E-state index contributed by atoms with van der Waals surface area (Å²) in [6.07, 6.45) is -1.66. The van der Waals surface area contributed by atoms with Crippen molar-refractivity contribution >= 4 is 27.8 Å². The topological polar surface area (TPSA) is 129 Å². The molecule has 30 heavy (non-hydrogen) atoms. The first-order chi connectivity index (χ1) is 13.7. The van der Waals surface area contributed by atoms with Crippen molar-refractivity contribution in [2.45, 2.75) is 66.3 Å². The Morgan fingerprint density at radius 3 is 2.10 bits per heavy atom. The van der Waals surface area contributed by atoms with E-state index in [-0.39, 0.29) is 23.7 Å². The Morgan fingerprint density at radius 1 is 1.07 bits per heavy atom. The van der Waals surface area contributed by atoms with Crippen molar-refractivity contribution in [2.24, 2.45) is 39.7 Å². The molecular formula is C20H31NO8S. The van der Waals surface area contributed by atoms with Gasteiger partial charge in [0.15, 0.2) is 6.10 Å². The van der Waals surface area contributed by atoms with Gasteiger partial charge in [-0.1, -0.05) is 32.9 Å². The summed E-state index contributed by atoms with van der Waals surface area (Å²) in [4.78, 5) is 24.0. The summed E-state index contributed by atoms with van der Waals surface area (Å²) in [5.74, 6) is -1.52. The number of carbonyl (C=O) groups excluding carboxylic acids is 2. The Bertz CT molecular complexity index is 881. The molecule has 0 aromatic carbocycles. The fourth-order valence-corrected chi connectivity index (χ4v) is 7.43. The first-order valence-electron chi connectivity index (χ1n) is 10.1. The van der Waals surface area contributed by atoms with Gasteiger partial charge in [0, 0.05) is 30.6 Å². The van der Waals surface area contributed by atoms with Crippen molar-refractivity contribution in [3.63, 3.8) is 0 Å². The van der Waals surface area contributed by atoms with Crippen LogP contribution in [0.25, 0.3) is 0 Å². The molecule has 0 aromatic rings. The maximum absolute atomic E-state index is 12.2. The SMILES string of the molecule is CC(=O)O[C@@H]1[C@@H](OC(C)=O)C(C)(C)[C@H]2[C@@H]3[C@H](C)C/C(=N\O)[C@H]2[C@]3(C)[C@@H]1OS(C)(=O)=O. The number of hydrogen-bond acceptors (Lipinski definition) is 9. The smallest absolute Gasteiger partial charge is 0.303 e. The van der Waals surface area contributed by atoms with Crippen LogP contribution in [0.1, 0.15) is 48.0 Å². The van der Waals surface area contributed by atoms with E-state index in [0.717, 1.165) is 6.26 Å². The molecule has 0 spiro atoms. The summed E-state index contributed by atoms with van der Waals surface area (Å²) in [5, 5.41) is 13.3. The van der Waals surface area contributed by atoms with Crippen LogP contribution in [-0.4, -0.2) is 55.8 Å². The first kappa shape index (κ1) is 23.0. The molecule has 4 saturated carbocycles. The van der Waals surface area contributed by atoms with E-state index in [9.17, 15) is 23.2 Å². The second kappa shape index (κ2) is 7.19. The molecule has 10 heteroatoms. The number of nitrogens with zero attached hydrogens (tertiary/aromatic N) is 1. The largest absolute Gasteiger partial charge is 0.458 e. The first-order valence-corrected chi connectivity index (χ1v) is 11.9. The zero-order valence-electron chi connectivity index (χ0n) is 18.4. The summed E-state index contributed by atoms with van der Waals surface area (Å²) in [7, 11) is -3.95. The van der Waals surface area contributed by atoms with Crippen LogP contribution >= 0.6 is 0 Å². The molecule has 8 atom stereocenters. The van der Waals surface area contributed by atoms with Gasteiger partial charge < -0.3 is 14.7 Å². The van der Waals surface area contributed by atoms with Crippen molar-refractivity contribution in [1.29, 1.82) is 0 Å². The van der Waals surface area contributed by atoms with E-state index >= 15 is 0 Å². The molecule has 4 aliphatic rings. The molecule has 0 heterocycles. The van der Waals surface area contributed by atoms with Gasteiger partial charge >= 0.3 is 11.9 Å². The lowest BCUT2D eigenvalue weighted by Crippen LogP contribution is -2.71. The third-order valence-corrected chi connectivity index (χ3v) is 8.00. The second-order valence-corrected chi connectivity index (χ2v) is 11.4. The van der Waals surface area contributed by atoms with Crippen molar-refractivity contribution in [1.82, 2.24) is 0 Å². The third-order valence-electron chi connectivity index (χ3n) is 7.44. The minimum absolute atomic E-state index is 0.00614. The fourth-order valence-electron chi connectivity index (χ4n) is 6.73. The Morgan fingerprint density at radius 2 is 1.63 bits per heavy atom. The Hall–Kier alpha value is -1.68. The van der Waals surface area contributed by atoms with E-state index in [1.807, 2.05) is 27.7 Å². The highest BCUT2D eigenvalue weighted by Gasteiger charge is 2.77. The van der Waals surface area contributed by atoms with E-state index < -0.39 is 51.2 Å². The third kappa shape index (κ3) is 3.32. The molecular weight excluding hydrogens is 414 g/mol. The molecule has 0 amide bonds. The van der Waals surface area contributed by atoms with Gasteiger partial charge in [0.05, 0.1) is 12.0 Å². The maximum atomic E-state index is 12.2. The molecule has 9 nitrogen and oxygen atoms in total. The summed E-state index contributed by atoms with van der Waals surface area (Å²) >= 11 is 0. The highest BCUT2D eigenvalue weighted by Crippen LogP contribution is 2.73. The molecule has 170 valence electrons. The zero-order valence-corrected chi connectivity index (χ0v) is 19.2. The van der Waals surface area contributed by atoms with Gasteiger partial charge in [0.25, 0.3) is 10.1 Å². The number of carbonyl (C=O) groups is 2. The molecule has 4 fully saturated rings. The number of ether oxygens (including phenoxy) is 2. The molecule has 4 rings (SSSR count). The van der Waals surface area contributed by atoms with Gasteiger partial charge in [-0.15, -0.1) is 0 Å². The molecule has 1 N–H and O–H groups in total. The van der Waals surface area contributed by atoms with Gasteiger partial charge in [0.2, 0.25) is 0 Å². The van der Waals surface area contributed by atoms with Gasteiger partial charge in [0.1, 0.15) is 12.2 Å².